The molecular weight excluding hydrogens is 130 g/mol. The normalized spacial score (nSPS) is 26.1. The van der Waals surface area contributed by atoms with Gasteiger partial charge in [-0.05, 0) is 18.6 Å². The average Bonchev–Trinajstić information content (AvgIpc) is 2.37. The van der Waals surface area contributed by atoms with Crippen molar-refractivity contribution in [2.45, 2.75) is 18.1 Å². The van der Waals surface area contributed by atoms with Gasteiger partial charge in [-0.3, -0.25) is 0 Å². The van der Waals surface area contributed by atoms with Crippen LogP contribution in [0.15, 0.2) is 12.3 Å². The summed E-state index contributed by atoms with van der Waals surface area (Å²) in [6, 6.07) is 0. The van der Waals surface area contributed by atoms with Crippen molar-refractivity contribution in [3.05, 3.63) is 12.3 Å². The zero-order chi connectivity index (χ0) is 6.69. The van der Waals surface area contributed by atoms with E-state index in [4.69, 9.17) is 0 Å². The van der Waals surface area contributed by atoms with Crippen LogP contribution in [0.4, 0.5) is 0 Å². The van der Waals surface area contributed by atoms with Gasteiger partial charge >= 0.3 is 0 Å². The third kappa shape index (κ3) is 1.65. The summed E-state index contributed by atoms with van der Waals surface area (Å²) in [7, 11) is 1.95. The van der Waals surface area contributed by atoms with Crippen LogP contribution in [0.1, 0.15) is 12.8 Å². The Morgan fingerprint density at radius 3 is 3.00 bits per heavy atom. The molecule has 1 atom stereocenters. The van der Waals surface area contributed by atoms with Crippen LogP contribution >= 0.6 is 11.8 Å². The van der Waals surface area contributed by atoms with Gasteiger partial charge in [-0.1, -0.05) is 6.58 Å². The van der Waals surface area contributed by atoms with Gasteiger partial charge in [0.2, 0.25) is 0 Å². The van der Waals surface area contributed by atoms with Crippen LogP contribution in [0.3, 0.4) is 0 Å². The van der Waals surface area contributed by atoms with E-state index >= 15 is 0 Å². The highest BCUT2D eigenvalue weighted by Crippen LogP contribution is 2.29. The first kappa shape index (κ1) is 7.00. The van der Waals surface area contributed by atoms with Gasteiger partial charge in [-0.15, -0.1) is 0 Å². The van der Waals surface area contributed by atoms with Gasteiger partial charge in [0.05, 0.1) is 0 Å². The number of rotatable bonds is 2. The van der Waals surface area contributed by atoms with Crippen LogP contribution in [0.5, 0.6) is 0 Å². The van der Waals surface area contributed by atoms with E-state index in [1.54, 1.807) is 0 Å². The Morgan fingerprint density at radius 1 is 1.78 bits per heavy atom. The Kier molecular flexibility index (Phi) is 2.46. The maximum absolute atomic E-state index is 3.92. The van der Waals surface area contributed by atoms with E-state index in [1.165, 1.54) is 24.3 Å². The van der Waals surface area contributed by atoms with Crippen molar-refractivity contribution in [2.24, 2.45) is 0 Å². The van der Waals surface area contributed by atoms with E-state index in [2.05, 4.69) is 11.9 Å². The highest BCUT2D eigenvalue weighted by Gasteiger charge is 2.16. The molecule has 2 heteroatoms. The second-order valence-electron chi connectivity index (χ2n) is 2.28. The van der Waals surface area contributed by atoms with E-state index in [9.17, 15) is 0 Å². The number of thioether (sulfide) groups is 1. The predicted octanol–water partition coefficient (Wildman–Crippen LogP) is 1.62. The van der Waals surface area contributed by atoms with Gasteiger partial charge in [0.1, 0.15) is 0 Å². The Labute approximate surface area is 60.9 Å². The second kappa shape index (κ2) is 3.16. The van der Waals surface area contributed by atoms with Gasteiger partial charge in [0.25, 0.3) is 0 Å². The molecule has 0 bridgehead atoms. The number of hydrogen-bond donors (Lipinski definition) is 1. The molecule has 1 nitrogen and oxygen atoms in total. The number of hydrogen-bond acceptors (Lipinski definition) is 2. The summed E-state index contributed by atoms with van der Waals surface area (Å²) >= 11 is 2.01. The molecule has 1 N–H and O–H groups in total. The summed E-state index contributed by atoms with van der Waals surface area (Å²) in [5.41, 5.74) is 1.19. The zero-order valence-electron chi connectivity index (χ0n) is 5.81. The van der Waals surface area contributed by atoms with E-state index in [0.717, 1.165) is 0 Å². The van der Waals surface area contributed by atoms with Crippen LogP contribution in [-0.2, 0) is 0 Å². The monoisotopic (exact) mass is 143 g/mol. The summed E-state index contributed by atoms with van der Waals surface area (Å²) in [5.74, 6) is 1.31. The van der Waals surface area contributed by atoms with Gasteiger partial charge in [-0.25, -0.2) is 0 Å². The van der Waals surface area contributed by atoms with Gasteiger partial charge in [0.15, 0.2) is 0 Å². The first-order chi connectivity index (χ1) is 4.34. The third-order valence-electron chi connectivity index (χ3n) is 1.64. The predicted molar refractivity (Wildman–Crippen MR) is 43.7 cm³/mol. The summed E-state index contributed by atoms with van der Waals surface area (Å²) in [4.78, 5) is 0. The largest absolute Gasteiger partial charge is 0.391 e. The third-order valence-corrected chi connectivity index (χ3v) is 3.09. The first-order valence-corrected chi connectivity index (χ1v) is 4.37. The van der Waals surface area contributed by atoms with Gasteiger partial charge in [0, 0.05) is 18.0 Å². The Hall–Kier alpha value is -0.110. The maximum atomic E-state index is 3.92. The lowest BCUT2D eigenvalue weighted by Crippen LogP contribution is -2.14. The molecule has 0 aliphatic carbocycles. The van der Waals surface area contributed by atoms with Crippen LogP contribution in [0, 0.1) is 0 Å². The van der Waals surface area contributed by atoms with Crippen molar-refractivity contribution in [2.75, 3.05) is 12.8 Å². The molecule has 0 radical (unpaired) electrons. The van der Waals surface area contributed by atoms with Crippen LogP contribution in [0.25, 0.3) is 0 Å². The molecular formula is C7H13NS. The first-order valence-electron chi connectivity index (χ1n) is 3.32. The summed E-state index contributed by atoms with van der Waals surface area (Å²) in [6.45, 7) is 3.92. The van der Waals surface area contributed by atoms with Gasteiger partial charge in [-0.2, -0.15) is 11.8 Å². The minimum Gasteiger partial charge on any atom is -0.391 e. The summed E-state index contributed by atoms with van der Waals surface area (Å²) in [6.07, 6.45) is 2.67. The Bertz CT molecular complexity index is 105. The van der Waals surface area contributed by atoms with E-state index < -0.39 is 0 Å². The minimum absolute atomic E-state index is 0.690. The van der Waals surface area contributed by atoms with Crippen molar-refractivity contribution < 1.29 is 0 Å². The van der Waals surface area contributed by atoms with Crippen molar-refractivity contribution in [3.63, 3.8) is 0 Å². The number of nitrogens with one attached hydrogen (secondary N) is 1. The molecule has 0 aromatic rings. The van der Waals surface area contributed by atoms with E-state index in [0.29, 0.717) is 5.25 Å². The van der Waals surface area contributed by atoms with E-state index in [-0.39, 0.29) is 0 Å². The fourth-order valence-electron chi connectivity index (χ4n) is 1.01. The summed E-state index contributed by atoms with van der Waals surface area (Å²) in [5, 5.41) is 3.78. The molecule has 0 aromatic carbocycles. The molecule has 1 aliphatic rings. The average molecular weight is 143 g/mol. The summed E-state index contributed by atoms with van der Waals surface area (Å²) < 4.78 is 0. The lowest BCUT2D eigenvalue weighted by molar-refractivity contribution is 0.800. The van der Waals surface area contributed by atoms with Crippen molar-refractivity contribution in [3.8, 4) is 0 Å². The molecule has 0 spiro atoms. The minimum atomic E-state index is 0.690. The Morgan fingerprint density at radius 2 is 2.56 bits per heavy atom. The highest BCUT2D eigenvalue weighted by molar-refractivity contribution is 8.00. The van der Waals surface area contributed by atoms with Crippen molar-refractivity contribution >= 4 is 11.8 Å². The SMILES string of the molecule is C=C(NC)C1CCCS1. The topological polar surface area (TPSA) is 12.0 Å². The zero-order valence-corrected chi connectivity index (χ0v) is 6.63. The highest BCUT2D eigenvalue weighted by atomic mass is 32.2. The molecule has 0 aromatic heterocycles. The fraction of sp³-hybridized carbons (Fsp3) is 0.714. The molecule has 1 fully saturated rings. The lowest BCUT2D eigenvalue weighted by Gasteiger charge is -2.10. The molecule has 1 heterocycles. The van der Waals surface area contributed by atoms with Crippen LogP contribution in [0.2, 0.25) is 0 Å². The molecule has 0 amide bonds. The van der Waals surface area contributed by atoms with Gasteiger partial charge < -0.3 is 5.32 Å². The van der Waals surface area contributed by atoms with Crippen LogP contribution in [-0.4, -0.2) is 18.1 Å². The molecule has 0 saturated carbocycles. The smallest absolute Gasteiger partial charge is 0.0438 e. The quantitative estimate of drug-likeness (QED) is 0.630. The molecule has 1 rings (SSSR count). The lowest BCUT2D eigenvalue weighted by atomic mass is 10.2. The second-order valence-corrected chi connectivity index (χ2v) is 3.59. The fourth-order valence-corrected chi connectivity index (χ4v) is 2.28. The molecule has 52 valence electrons. The maximum Gasteiger partial charge on any atom is 0.0438 e. The van der Waals surface area contributed by atoms with Crippen molar-refractivity contribution in [1.82, 2.24) is 5.32 Å². The Balaban J connectivity index is 2.32. The molecule has 1 saturated heterocycles. The van der Waals surface area contributed by atoms with Crippen LogP contribution < -0.4 is 5.32 Å². The molecule has 1 aliphatic heterocycles. The molecule has 9 heavy (non-hydrogen) atoms. The van der Waals surface area contributed by atoms with E-state index in [1.807, 2.05) is 18.8 Å². The van der Waals surface area contributed by atoms with Crippen molar-refractivity contribution in [1.29, 1.82) is 0 Å². The standard InChI is InChI=1S/C7H13NS/c1-6(8-2)7-4-3-5-9-7/h7-8H,1,3-5H2,2H3. The molecule has 1 unspecified atom stereocenters.